The molecule has 0 saturated carbocycles. The van der Waals surface area contributed by atoms with Gasteiger partial charge in [0.15, 0.2) is 11.5 Å². The number of halogens is 2. The highest BCUT2D eigenvalue weighted by Gasteiger charge is 2.31. The maximum absolute atomic E-state index is 13.4. The van der Waals surface area contributed by atoms with Crippen molar-refractivity contribution in [1.82, 2.24) is 4.90 Å². The molecule has 0 amide bonds. The third kappa shape index (κ3) is 3.99. The summed E-state index contributed by atoms with van der Waals surface area (Å²) in [7, 11) is 1.56. The molecule has 4 nitrogen and oxygen atoms in total. The Labute approximate surface area is 129 Å². The second-order valence-electron chi connectivity index (χ2n) is 5.54. The van der Waals surface area contributed by atoms with Gasteiger partial charge in [-0.1, -0.05) is 11.6 Å². The van der Waals surface area contributed by atoms with Crippen LogP contribution in [-0.2, 0) is 6.54 Å². The van der Waals surface area contributed by atoms with Gasteiger partial charge >= 0.3 is 0 Å². The average molecular weight is 318 g/mol. The highest BCUT2D eigenvalue weighted by Crippen LogP contribution is 2.36. The predicted molar refractivity (Wildman–Crippen MR) is 79.9 cm³/mol. The van der Waals surface area contributed by atoms with Gasteiger partial charge in [-0.2, -0.15) is 0 Å². The zero-order chi connectivity index (χ0) is 15.6. The number of aliphatic hydroxyl groups is 1. The minimum absolute atomic E-state index is 0.0167. The van der Waals surface area contributed by atoms with E-state index in [1.165, 1.54) is 0 Å². The van der Waals surface area contributed by atoms with Gasteiger partial charge in [0.1, 0.15) is 6.17 Å². The molecule has 0 aliphatic carbocycles. The molecule has 2 atom stereocenters. The molecule has 0 radical (unpaired) electrons. The number of methoxy groups -OCH3 is 1. The Kier molecular flexibility index (Phi) is 5.30. The lowest BCUT2D eigenvalue weighted by molar-refractivity contribution is 0.115. The van der Waals surface area contributed by atoms with E-state index >= 15 is 0 Å². The van der Waals surface area contributed by atoms with Gasteiger partial charge in [0.25, 0.3) is 0 Å². The third-order valence-electron chi connectivity index (χ3n) is 3.36. The molecule has 0 aromatic heterocycles. The number of nitrogens with zero attached hydrogens (tertiary/aromatic N) is 1. The second-order valence-corrected chi connectivity index (χ2v) is 5.98. The number of rotatable bonds is 5. The van der Waals surface area contributed by atoms with Crippen molar-refractivity contribution in [1.29, 1.82) is 0 Å². The molecule has 1 fully saturated rings. The number of likely N-dealkylation sites (tertiary alicyclic amines) is 1. The first-order chi connectivity index (χ1) is 9.90. The number of ether oxygens (including phenoxy) is 2. The quantitative estimate of drug-likeness (QED) is 0.906. The SMILES string of the molecule is COc1cc(Cl)cc(CN2C[C@@H](O)[C@H](F)C2)c1OC(C)C. The van der Waals surface area contributed by atoms with Crippen LogP contribution in [0, 0.1) is 0 Å². The molecule has 21 heavy (non-hydrogen) atoms. The molecule has 1 aliphatic rings. The summed E-state index contributed by atoms with van der Waals surface area (Å²) in [4.78, 5) is 1.84. The largest absolute Gasteiger partial charge is 0.493 e. The minimum Gasteiger partial charge on any atom is -0.493 e. The fraction of sp³-hybridized carbons (Fsp3) is 0.600. The van der Waals surface area contributed by atoms with E-state index in [1.54, 1.807) is 19.2 Å². The Bertz CT molecular complexity index is 488. The van der Waals surface area contributed by atoms with Crippen LogP contribution in [0.25, 0.3) is 0 Å². The van der Waals surface area contributed by atoms with Crippen molar-refractivity contribution < 1.29 is 19.0 Å². The van der Waals surface area contributed by atoms with E-state index in [-0.39, 0.29) is 12.6 Å². The van der Waals surface area contributed by atoms with Gasteiger partial charge in [0, 0.05) is 36.3 Å². The highest BCUT2D eigenvalue weighted by molar-refractivity contribution is 6.30. The van der Waals surface area contributed by atoms with Crippen LogP contribution >= 0.6 is 11.6 Å². The molecular weight excluding hydrogens is 297 g/mol. The van der Waals surface area contributed by atoms with Crippen molar-refractivity contribution in [2.75, 3.05) is 20.2 Å². The fourth-order valence-electron chi connectivity index (χ4n) is 2.45. The molecule has 1 aromatic rings. The van der Waals surface area contributed by atoms with Crippen LogP contribution in [0.15, 0.2) is 12.1 Å². The lowest BCUT2D eigenvalue weighted by Gasteiger charge is -2.21. The number of aliphatic hydroxyl groups excluding tert-OH is 1. The molecule has 118 valence electrons. The summed E-state index contributed by atoms with van der Waals surface area (Å²) in [6.45, 7) is 4.81. The molecule has 1 heterocycles. The van der Waals surface area contributed by atoms with E-state index < -0.39 is 12.3 Å². The molecule has 2 rings (SSSR count). The summed E-state index contributed by atoms with van der Waals surface area (Å²) in [6, 6.07) is 3.49. The number of hydrogen-bond acceptors (Lipinski definition) is 4. The van der Waals surface area contributed by atoms with Gasteiger partial charge in [-0.15, -0.1) is 0 Å². The molecular formula is C15H21ClFNO3. The second kappa shape index (κ2) is 6.81. The van der Waals surface area contributed by atoms with E-state index in [0.29, 0.717) is 29.6 Å². The minimum atomic E-state index is -1.21. The Hall–Kier alpha value is -1.04. The van der Waals surface area contributed by atoms with Crippen molar-refractivity contribution in [2.45, 2.75) is 38.8 Å². The van der Waals surface area contributed by atoms with Gasteiger partial charge in [0.05, 0.1) is 19.3 Å². The number of alkyl halides is 1. The van der Waals surface area contributed by atoms with Gasteiger partial charge in [-0.25, -0.2) is 4.39 Å². The molecule has 1 aliphatic heterocycles. The number of benzene rings is 1. The maximum Gasteiger partial charge on any atom is 0.166 e. The predicted octanol–water partition coefficient (Wildman–Crippen LogP) is 2.65. The smallest absolute Gasteiger partial charge is 0.166 e. The van der Waals surface area contributed by atoms with Gasteiger partial charge < -0.3 is 14.6 Å². The van der Waals surface area contributed by atoms with Crippen molar-refractivity contribution in [3.63, 3.8) is 0 Å². The van der Waals surface area contributed by atoms with Crippen LogP contribution in [0.4, 0.5) is 4.39 Å². The zero-order valence-corrected chi connectivity index (χ0v) is 13.2. The first kappa shape index (κ1) is 16.3. The van der Waals surface area contributed by atoms with Crippen LogP contribution in [-0.4, -0.2) is 48.6 Å². The van der Waals surface area contributed by atoms with E-state index in [4.69, 9.17) is 21.1 Å². The lowest BCUT2D eigenvalue weighted by Crippen LogP contribution is -2.22. The first-order valence-electron chi connectivity index (χ1n) is 6.98. The molecule has 0 unspecified atom stereocenters. The van der Waals surface area contributed by atoms with E-state index in [0.717, 1.165) is 5.56 Å². The molecule has 0 bridgehead atoms. The summed E-state index contributed by atoms with van der Waals surface area (Å²) in [5.41, 5.74) is 0.828. The average Bonchev–Trinajstić information content (AvgIpc) is 2.70. The first-order valence-corrected chi connectivity index (χ1v) is 7.36. The van der Waals surface area contributed by atoms with E-state index in [1.807, 2.05) is 18.7 Å². The topological polar surface area (TPSA) is 41.9 Å². The lowest BCUT2D eigenvalue weighted by atomic mass is 10.1. The van der Waals surface area contributed by atoms with Crippen LogP contribution in [0.1, 0.15) is 19.4 Å². The van der Waals surface area contributed by atoms with Crippen LogP contribution < -0.4 is 9.47 Å². The highest BCUT2D eigenvalue weighted by atomic mass is 35.5. The monoisotopic (exact) mass is 317 g/mol. The normalized spacial score (nSPS) is 22.8. The van der Waals surface area contributed by atoms with Gasteiger partial charge in [-0.3, -0.25) is 4.90 Å². The Morgan fingerprint density at radius 2 is 2.14 bits per heavy atom. The number of β-amino-alcohol motifs (C(OH)–C–C–N with tert-alkyl or cyclic N) is 1. The Morgan fingerprint density at radius 1 is 1.43 bits per heavy atom. The van der Waals surface area contributed by atoms with Crippen molar-refractivity contribution in [3.8, 4) is 11.5 Å². The zero-order valence-electron chi connectivity index (χ0n) is 12.5. The van der Waals surface area contributed by atoms with Gasteiger partial charge in [0.2, 0.25) is 0 Å². The fourth-order valence-corrected chi connectivity index (χ4v) is 2.68. The van der Waals surface area contributed by atoms with E-state index in [9.17, 15) is 9.50 Å². The van der Waals surface area contributed by atoms with Crippen LogP contribution in [0.2, 0.25) is 5.02 Å². The summed E-state index contributed by atoms with van der Waals surface area (Å²) in [5.74, 6) is 1.18. The van der Waals surface area contributed by atoms with Crippen molar-refractivity contribution >= 4 is 11.6 Å². The van der Waals surface area contributed by atoms with Crippen LogP contribution in [0.3, 0.4) is 0 Å². The summed E-state index contributed by atoms with van der Waals surface area (Å²) in [5, 5.41) is 10.1. The Morgan fingerprint density at radius 3 is 2.67 bits per heavy atom. The summed E-state index contributed by atoms with van der Waals surface area (Å²) >= 11 is 6.10. The molecule has 1 saturated heterocycles. The van der Waals surface area contributed by atoms with E-state index in [2.05, 4.69) is 0 Å². The molecule has 1 N–H and O–H groups in total. The van der Waals surface area contributed by atoms with Crippen molar-refractivity contribution in [3.05, 3.63) is 22.7 Å². The summed E-state index contributed by atoms with van der Waals surface area (Å²) in [6.07, 6.45) is -2.15. The number of hydrogen-bond donors (Lipinski definition) is 1. The van der Waals surface area contributed by atoms with Crippen LogP contribution in [0.5, 0.6) is 11.5 Å². The van der Waals surface area contributed by atoms with Gasteiger partial charge in [-0.05, 0) is 19.9 Å². The molecule has 1 aromatic carbocycles. The standard InChI is InChI=1S/C15H21ClFNO3/c1-9(2)21-15-10(4-11(16)5-14(15)20-3)6-18-7-12(17)13(19)8-18/h4-5,9,12-13,19H,6-8H2,1-3H3/t12-,13-/m1/s1. The molecule has 0 spiro atoms. The third-order valence-corrected chi connectivity index (χ3v) is 3.58. The maximum atomic E-state index is 13.4. The Balaban J connectivity index is 2.26. The van der Waals surface area contributed by atoms with Crippen molar-refractivity contribution in [2.24, 2.45) is 0 Å². The molecule has 6 heteroatoms. The summed E-state index contributed by atoms with van der Waals surface area (Å²) < 4.78 is 24.6.